The summed E-state index contributed by atoms with van der Waals surface area (Å²) >= 11 is 0. The molecule has 3 rings (SSSR count). The Kier molecular flexibility index (Phi) is 4.40. The number of hydrogen-bond donors (Lipinski definition) is 0. The van der Waals surface area contributed by atoms with E-state index < -0.39 is 0 Å². The van der Waals surface area contributed by atoms with Crippen LogP contribution < -0.4 is 0 Å². The van der Waals surface area contributed by atoms with Crippen LogP contribution in [0.5, 0.6) is 0 Å². The van der Waals surface area contributed by atoms with Gasteiger partial charge in [0.2, 0.25) is 23.6 Å². The summed E-state index contributed by atoms with van der Waals surface area (Å²) in [5.41, 5.74) is 0. The van der Waals surface area contributed by atoms with Crippen LogP contribution in [0.4, 0.5) is 0 Å². The van der Waals surface area contributed by atoms with Gasteiger partial charge in [-0.3, -0.25) is 9.59 Å². The summed E-state index contributed by atoms with van der Waals surface area (Å²) in [6.45, 7) is 4.29. The van der Waals surface area contributed by atoms with Crippen LogP contribution in [0.15, 0.2) is 4.42 Å². The van der Waals surface area contributed by atoms with E-state index in [4.69, 9.17) is 4.42 Å². The summed E-state index contributed by atoms with van der Waals surface area (Å²) in [5.74, 6) is 1.63. The zero-order chi connectivity index (χ0) is 15.5. The number of carbonyl (C=O) groups excluding carboxylic acids is 2. The Labute approximate surface area is 129 Å². The molecular formula is C15H22N4O3. The first-order chi connectivity index (χ1) is 10.6. The Morgan fingerprint density at radius 3 is 2.36 bits per heavy atom. The van der Waals surface area contributed by atoms with Gasteiger partial charge >= 0.3 is 0 Å². The van der Waals surface area contributed by atoms with Gasteiger partial charge in [-0.1, -0.05) is 6.42 Å². The minimum absolute atomic E-state index is 0.0894. The number of amides is 2. The molecule has 2 heterocycles. The molecule has 1 aliphatic heterocycles. The monoisotopic (exact) mass is 306 g/mol. The van der Waals surface area contributed by atoms with Crippen LogP contribution in [-0.2, 0) is 16.0 Å². The molecule has 0 bridgehead atoms. The maximum Gasteiger partial charge on any atom is 0.225 e. The van der Waals surface area contributed by atoms with Crippen molar-refractivity contribution in [3.63, 3.8) is 0 Å². The van der Waals surface area contributed by atoms with Gasteiger partial charge < -0.3 is 14.2 Å². The topological polar surface area (TPSA) is 79.5 Å². The lowest BCUT2D eigenvalue weighted by Gasteiger charge is -2.38. The van der Waals surface area contributed by atoms with E-state index in [0.29, 0.717) is 50.8 Å². The van der Waals surface area contributed by atoms with Crippen LogP contribution in [0.1, 0.15) is 37.5 Å². The highest BCUT2D eigenvalue weighted by molar-refractivity contribution is 5.80. The van der Waals surface area contributed by atoms with E-state index >= 15 is 0 Å². The minimum Gasteiger partial charge on any atom is -0.426 e. The summed E-state index contributed by atoms with van der Waals surface area (Å²) in [7, 11) is 0. The van der Waals surface area contributed by atoms with Crippen molar-refractivity contribution in [2.75, 3.05) is 26.2 Å². The van der Waals surface area contributed by atoms with Gasteiger partial charge in [0.05, 0.1) is 0 Å². The first-order valence-corrected chi connectivity index (χ1v) is 7.99. The second kappa shape index (κ2) is 6.46. The Hall–Kier alpha value is -1.92. The lowest BCUT2D eigenvalue weighted by molar-refractivity contribution is -0.144. The molecule has 7 heteroatoms. The summed E-state index contributed by atoms with van der Waals surface area (Å²) in [5, 5.41) is 7.64. The van der Waals surface area contributed by atoms with Crippen molar-refractivity contribution in [2.24, 2.45) is 5.92 Å². The molecule has 2 fully saturated rings. The van der Waals surface area contributed by atoms with E-state index in [2.05, 4.69) is 10.2 Å². The molecule has 120 valence electrons. The SMILES string of the molecule is Cc1nnc(CCC(=O)N2CCN(C(=O)C3CCC3)CC2)o1. The largest absolute Gasteiger partial charge is 0.426 e. The molecule has 1 aromatic heterocycles. The molecule has 1 saturated heterocycles. The highest BCUT2D eigenvalue weighted by atomic mass is 16.4. The zero-order valence-corrected chi connectivity index (χ0v) is 13.0. The van der Waals surface area contributed by atoms with Gasteiger partial charge in [-0.25, -0.2) is 0 Å². The molecule has 1 aliphatic carbocycles. The normalized spacial score (nSPS) is 19.1. The van der Waals surface area contributed by atoms with E-state index in [1.165, 1.54) is 6.42 Å². The predicted octanol–water partition coefficient (Wildman–Crippen LogP) is 0.782. The van der Waals surface area contributed by atoms with Crippen molar-refractivity contribution in [1.82, 2.24) is 20.0 Å². The van der Waals surface area contributed by atoms with Gasteiger partial charge in [0.25, 0.3) is 0 Å². The molecule has 2 aliphatic rings. The van der Waals surface area contributed by atoms with Gasteiger partial charge in [0.15, 0.2) is 0 Å². The molecule has 7 nitrogen and oxygen atoms in total. The van der Waals surface area contributed by atoms with Crippen molar-refractivity contribution >= 4 is 11.8 Å². The predicted molar refractivity (Wildman–Crippen MR) is 77.9 cm³/mol. The van der Waals surface area contributed by atoms with Crippen molar-refractivity contribution in [1.29, 1.82) is 0 Å². The maximum atomic E-state index is 12.2. The molecule has 0 atom stereocenters. The Morgan fingerprint density at radius 2 is 1.82 bits per heavy atom. The van der Waals surface area contributed by atoms with Gasteiger partial charge in [0, 0.05) is 51.9 Å². The highest BCUT2D eigenvalue weighted by Gasteiger charge is 2.31. The number of nitrogens with zero attached hydrogens (tertiary/aromatic N) is 4. The number of aromatic nitrogens is 2. The summed E-state index contributed by atoms with van der Waals surface area (Å²) < 4.78 is 5.27. The second-order valence-electron chi connectivity index (χ2n) is 6.05. The standard InChI is InChI=1S/C15H22N4O3/c1-11-16-17-13(22-11)5-6-14(20)18-7-9-19(10-8-18)15(21)12-3-2-4-12/h12H,2-10H2,1H3. The van der Waals surface area contributed by atoms with E-state index in [0.717, 1.165) is 12.8 Å². The third kappa shape index (κ3) is 3.28. The fourth-order valence-electron chi connectivity index (χ4n) is 2.90. The van der Waals surface area contributed by atoms with Crippen LogP contribution in [0.3, 0.4) is 0 Å². The smallest absolute Gasteiger partial charge is 0.225 e. The molecule has 22 heavy (non-hydrogen) atoms. The number of hydrogen-bond acceptors (Lipinski definition) is 5. The van der Waals surface area contributed by atoms with Gasteiger partial charge in [-0.15, -0.1) is 10.2 Å². The van der Waals surface area contributed by atoms with E-state index in [-0.39, 0.29) is 17.7 Å². The number of aryl methyl sites for hydroxylation is 2. The lowest BCUT2D eigenvalue weighted by atomic mass is 9.84. The quantitative estimate of drug-likeness (QED) is 0.821. The van der Waals surface area contributed by atoms with Crippen LogP contribution in [0.25, 0.3) is 0 Å². The Balaban J connectivity index is 1.42. The van der Waals surface area contributed by atoms with E-state index in [1.54, 1.807) is 6.92 Å². The maximum absolute atomic E-state index is 12.2. The number of piperazine rings is 1. The fourth-order valence-corrected chi connectivity index (χ4v) is 2.90. The first kappa shape index (κ1) is 15.0. The summed E-state index contributed by atoms with van der Waals surface area (Å²) in [6.07, 6.45) is 4.08. The third-order valence-electron chi connectivity index (χ3n) is 4.52. The van der Waals surface area contributed by atoms with Crippen LogP contribution in [0, 0.1) is 12.8 Å². The molecule has 0 radical (unpaired) electrons. The summed E-state index contributed by atoms with van der Waals surface area (Å²) in [6, 6.07) is 0. The van der Waals surface area contributed by atoms with Crippen LogP contribution in [-0.4, -0.2) is 58.0 Å². The van der Waals surface area contributed by atoms with Crippen molar-refractivity contribution in [3.05, 3.63) is 11.8 Å². The first-order valence-electron chi connectivity index (χ1n) is 7.99. The van der Waals surface area contributed by atoms with Crippen LogP contribution >= 0.6 is 0 Å². The van der Waals surface area contributed by atoms with Crippen molar-refractivity contribution < 1.29 is 14.0 Å². The van der Waals surface area contributed by atoms with Gasteiger partial charge in [-0.2, -0.15) is 0 Å². The average Bonchev–Trinajstić information content (AvgIpc) is 2.89. The number of carbonyl (C=O) groups is 2. The second-order valence-corrected chi connectivity index (χ2v) is 6.05. The molecular weight excluding hydrogens is 284 g/mol. The summed E-state index contributed by atoms with van der Waals surface area (Å²) in [4.78, 5) is 28.1. The molecule has 1 saturated carbocycles. The zero-order valence-electron chi connectivity index (χ0n) is 13.0. The molecule has 0 unspecified atom stereocenters. The molecule has 0 N–H and O–H groups in total. The average molecular weight is 306 g/mol. The Morgan fingerprint density at radius 1 is 1.14 bits per heavy atom. The minimum atomic E-state index is 0.0894. The third-order valence-corrected chi connectivity index (χ3v) is 4.52. The fraction of sp³-hybridized carbons (Fsp3) is 0.733. The molecule has 0 spiro atoms. The highest BCUT2D eigenvalue weighted by Crippen LogP contribution is 2.28. The van der Waals surface area contributed by atoms with Crippen molar-refractivity contribution in [2.45, 2.75) is 39.0 Å². The van der Waals surface area contributed by atoms with Gasteiger partial charge in [0.1, 0.15) is 0 Å². The van der Waals surface area contributed by atoms with Gasteiger partial charge in [-0.05, 0) is 12.8 Å². The lowest BCUT2D eigenvalue weighted by Crippen LogP contribution is -2.52. The number of rotatable bonds is 4. The van der Waals surface area contributed by atoms with E-state index in [9.17, 15) is 9.59 Å². The van der Waals surface area contributed by atoms with E-state index in [1.807, 2.05) is 9.80 Å². The molecule has 2 amide bonds. The van der Waals surface area contributed by atoms with Crippen molar-refractivity contribution in [3.8, 4) is 0 Å². The molecule has 0 aromatic carbocycles. The Bertz CT molecular complexity index is 545. The van der Waals surface area contributed by atoms with Crippen LogP contribution in [0.2, 0.25) is 0 Å². The molecule has 1 aromatic rings.